The van der Waals surface area contributed by atoms with Crippen LogP contribution in [0, 0.1) is 0 Å². The smallest absolute Gasteiger partial charge is 0.230 e. The normalized spacial score (nSPS) is 14.6. The second-order valence-electron chi connectivity index (χ2n) is 6.53. The summed E-state index contributed by atoms with van der Waals surface area (Å²) in [6.45, 7) is 2.18. The maximum Gasteiger partial charge on any atom is 0.230 e. The fourth-order valence-electron chi connectivity index (χ4n) is 3.44. The van der Waals surface area contributed by atoms with Gasteiger partial charge < -0.3 is 15.2 Å². The van der Waals surface area contributed by atoms with Crippen molar-refractivity contribution in [2.24, 2.45) is 0 Å². The number of piperidine rings is 1. The second kappa shape index (κ2) is 6.97. The largest absolute Gasteiger partial charge is 0.370 e. The van der Waals surface area contributed by atoms with Crippen LogP contribution in [0.5, 0.6) is 0 Å². The van der Waals surface area contributed by atoms with Gasteiger partial charge in [-0.05, 0) is 43.0 Å². The van der Waals surface area contributed by atoms with Gasteiger partial charge in [-0.15, -0.1) is 0 Å². The minimum absolute atomic E-state index is 0.0528. The first-order valence-corrected chi connectivity index (χ1v) is 8.85. The molecule has 0 atom stereocenters. The number of H-pyrrole nitrogens is 1. The topological polar surface area (TPSA) is 61.0 Å². The van der Waals surface area contributed by atoms with E-state index in [-0.39, 0.29) is 5.91 Å². The van der Waals surface area contributed by atoms with Crippen LogP contribution in [0.1, 0.15) is 24.8 Å². The highest BCUT2D eigenvalue weighted by Crippen LogP contribution is 2.21. The molecular formula is C20H22N4O. The Kier molecular flexibility index (Phi) is 4.37. The molecule has 5 nitrogen and oxygen atoms in total. The van der Waals surface area contributed by atoms with E-state index >= 15 is 0 Å². The molecule has 4 rings (SSSR count). The number of nitrogens with one attached hydrogen (secondary N) is 2. The van der Waals surface area contributed by atoms with E-state index in [0.29, 0.717) is 12.2 Å². The molecule has 0 radical (unpaired) electrons. The number of aromatic amines is 1. The highest BCUT2D eigenvalue weighted by Gasteiger charge is 2.12. The predicted molar refractivity (Wildman–Crippen MR) is 101 cm³/mol. The quantitative estimate of drug-likeness (QED) is 0.764. The summed E-state index contributed by atoms with van der Waals surface area (Å²) in [6, 6.07) is 11.9. The molecule has 1 aliphatic rings. The van der Waals surface area contributed by atoms with E-state index in [1.165, 1.54) is 19.3 Å². The summed E-state index contributed by atoms with van der Waals surface area (Å²) in [4.78, 5) is 22.3. The number of aromatic nitrogens is 2. The molecule has 2 N–H and O–H groups in total. The van der Waals surface area contributed by atoms with Gasteiger partial charge in [0.1, 0.15) is 5.82 Å². The summed E-state index contributed by atoms with van der Waals surface area (Å²) in [6.07, 6.45) is 7.88. The molecule has 0 spiro atoms. The lowest BCUT2D eigenvalue weighted by Crippen LogP contribution is -2.29. The number of hydrogen-bond donors (Lipinski definition) is 2. The summed E-state index contributed by atoms with van der Waals surface area (Å²) in [7, 11) is 0. The molecule has 25 heavy (non-hydrogen) atoms. The number of para-hydroxylation sites is 1. The number of amides is 1. The van der Waals surface area contributed by atoms with Crippen LogP contribution in [0.15, 0.2) is 48.8 Å². The van der Waals surface area contributed by atoms with Gasteiger partial charge in [-0.25, -0.2) is 4.98 Å². The molecule has 1 aromatic carbocycles. The zero-order valence-electron chi connectivity index (χ0n) is 14.2. The molecule has 0 saturated carbocycles. The Morgan fingerprint density at radius 3 is 2.76 bits per heavy atom. The van der Waals surface area contributed by atoms with Gasteiger partial charge in [-0.2, -0.15) is 0 Å². The fraction of sp³-hybridized carbons (Fsp3) is 0.300. The molecule has 0 unspecified atom stereocenters. The Bertz CT molecular complexity index is 863. The summed E-state index contributed by atoms with van der Waals surface area (Å²) < 4.78 is 0. The third-order valence-electron chi connectivity index (χ3n) is 4.76. The lowest BCUT2D eigenvalue weighted by atomic mass is 10.1. The van der Waals surface area contributed by atoms with E-state index in [4.69, 9.17) is 0 Å². The molecule has 3 heterocycles. The first kappa shape index (κ1) is 15.7. The van der Waals surface area contributed by atoms with Gasteiger partial charge >= 0.3 is 0 Å². The van der Waals surface area contributed by atoms with E-state index < -0.39 is 0 Å². The van der Waals surface area contributed by atoms with E-state index in [1.807, 2.05) is 48.8 Å². The standard InChI is InChI=1S/C20H22N4O/c25-20(12-15-13-21-18-7-3-2-6-17(15)18)23-19-9-8-16(14-22-19)24-10-4-1-5-11-24/h2-3,6-9,13-14,21H,1,4-5,10-12H2,(H,22,23,25). The third-order valence-corrected chi connectivity index (χ3v) is 4.76. The van der Waals surface area contributed by atoms with Crippen molar-refractivity contribution in [3.8, 4) is 0 Å². The number of fused-ring (bicyclic) bond motifs is 1. The van der Waals surface area contributed by atoms with Gasteiger partial charge in [-0.1, -0.05) is 18.2 Å². The monoisotopic (exact) mass is 334 g/mol. The highest BCUT2D eigenvalue weighted by molar-refractivity contribution is 5.95. The number of pyridine rings is 1. The molecule has 0 aliphatic carbocycles. The fourth-order valence-corrected chi connectivity index (χ4v) is 3.44. The summed E-state index contributed by atoms with van der Waals surface area (Å²) in [5, 5.41) is 3.98. The maximum atomic E-state index is 12.3. The predicted octanol–water partition coefficient (Wildman–Crippen LogP) is 3.73. The Hall–Kier alpha value is -2.82. The van der Waals surface area contributed by atoms with Crippen molar-refractivity contribution in [2.75, 3.05) is 23.3 Å². The van der Waals surface area contributed by atoms with Crippen LogP contribution in [0.3, 0.4) is 0 Å². The summed E-state index contributed by atoms with van der Waals surface area (Å²) in [5.74, 6) is 0.550. The first-order chi connectivity index (χ1) is 12.3. The van der Waals surface area contributed by atoms with Gasteiger partial charge in [-0.3, -0.25) is 4.79 Å². The van der Waals surface area contributed by atoms with E-state index in [2.05, 4.69) is 20.2 Å². The van der Waals surface area contributed by atoms with E-state index in [9.17, 15) is 4.79 Å². The van der Waals surface area contributed by atoms with Crippen molar-refractivity contribution in [3.63, 3.8) is 0 Å². The number of carbonyl (C=O) groups excluding carboxylic acids is 1. The van der Waals surface area contributed by atoms with Crippen LogP contribution >= 0.6 is 0 Å². The number of nitrogens with zero attached hydrogens (tertiary/aromatic N) is 2. The Morgan fingerprint density at radius 2 is 1.96 bits per heavy atom. The third kappa shape index (κ3) is 3.50. The van der Waals surface area contributed by atoms with Crippen LogP contribution in [0.4, 0.5) is 11.5 Å². The Labute approximate surface area is 147 Å². The average Bonchev–Trinajstić information content (AvgIpc) is 3.06. The SMILES string of the molecule is O=C(Cc1c[nH]c2ccccc12)Nc1ccc(N2CCCCC2)cn1. The summed E-state index contributed by atoms with van der Waals surface area (Å²) >= 11 is 0. The van der Waals surface area contributed by atoms with Gasteiger partial charge in [0.2, 0.25) is 5.91 Å². The molecule has 1 aliphatic heterocycles. The molecule has 0 bridgehead atoms. The molecule has 1 fully saturated rings. The number of anilines is 2. The van der Waals surface area contributed by atoms with Crippen LogP contribution in [0.25, 0.3) is 10.9 Å². The van der Waals surface area contributed by atoms with E-state index in [0.717, 1.165) is 35.2 Å². The Morgan fingerprint density at radius 1 is 1.12 bits per heavy atom. The van der Waals surface area contributed by atoms with Crippen molar-refractivity contribution < 1.29 is 4.79 Å². The summed E-state index contributed by atoms with van der Waals surface area (Å²) in [5.41, 5.74) is 3.18. The van der Waals surface area contributed by atoms with Crippen LogP contribution in [-0.4, -0.2) is 29.0 Å². The van der Waals surface area contributed by atoms with Crippen LogP contribution in [-0.2, 0) is 11.2 Å². The van der Waals surface area contributed by atoms with Gasteiger partial charge in [0.15, 0.2) is 0 Å². The lowest BCUT2D eigenvalue weighted by molar-refractivity contribution is -0.115. The zero-order valence-corrected chi connectivity index (χ0v) is 14.2. The molecule has 128 valence electrons. The van der Waals surface area contributed by atoms with Crippen LogP contribution in [0.2, 0.25) is 0 Å². The lowest BCUT2D eigenvalue weighted by Gasteiger charge is -2.28. The van der Waals surface area contributed by atoms with Gasteiger partial charge in [0.05, 0.1) is 18.3 Å². The van der Waals surface area contributed by atoms with Crippen molar-refractivity contribution in [1.29, 1.82) is 0 Å². The van der Waals surface area contributed by atoms with Crippen molar-refractivity contribution in [1.82, 2.24) is 9.97 Å². The zero-order chi connectivity index (χ0) is 17.1. The first-order valence-electron chi connectivity index (χ1n) is 8.85. The number of hydrogen-bond acceptors (Lipinski definition) is 3. The second-order valence-corrected chi connectivity index (χ2v) is 6.53. The molecule has 1 amide bonds. The Balaban J connectivity index is 1.40. The van der Waals surface area contributed by atoms with E-state index in [1.54, 1.807) is 0 Å². The molecule has 2 aromatic heterocycles. The molecule has 3 aromatic rings. The minimum Gasteiger partial charge on any atom is -0.370 e. The maximum absolute atomic E-state index is 12.3. The van der Waals surface area contributed by atoms with Crippen molar-refractivity contribution in [3.05, 3.63) is 54.4 Å². The molecular weight excluding hydrogens is 312 g/mol. The average molecular weight is 334 g/mol. The van der Waals surface area contributed by atoms with Gasteiger partial charge in [0, 0.05) is 30.2 Å². The minimum atomic E-state index is -0.0528. The highest BCUT2D eigenvalue weighted by atomic mass is 16.1. The number of benzene rings is 1. The van der Waals surface area contributed by atoms with Crippen LogP contribution < -0.4 is 10.2 Å². The molecule has 5 heteroatoms. The molecule has 1 saturated heterocycles. The van der Waals surface area contributed by atoms with Crippen molar-refractivity contribution in [2.45, 2.75) is 25.7 Å². The van der Waals surface area contributed by atoms with Gasteiger partial charge in [0.25, 0.3) is 0 Å². The number of carbonyl (C=O) groups is 1. The number of rotatable bonds is 4. The van der Waals surface area contributed by atoms with Crippen molar-refractivity contribution >= 4 is 28.3 Å².